The van der Waals surface area contributed by atoms with Crippen LogP contribution in [0.15, 0.2) is 95.2 Å². The first-order valence-electron chi connectivity index (χ1n) is 30.9. The average molecular weight is 1290 g/mol. The van der Waals surface area contributed by atoms with Crippen LogP contribution in [0, 0.1) is 28.1 Å². The Balaban J connectivity index is 0.000000209. The summed E-state index contributed by atoms with van der Waals surface area (Å²) in [5, 5.41) is 17.8. The van der Waals surface area contributed by atoms with Crippen molar-refractivity contribution in [2.24, 2.45) is 28.1 Å². The van der Waals surface area contributed by atoms with Gasteiger partial charge in [0.05, 0.1) is 24.3 Å². The maximum atomic E-state index is 13.0. The van der Waals surface area contributed by atoms with Crippen LogP contribution < -0.4 is 34.9 Å². The van der Waals surface area contributed by atoms with Gasteiger partial charge in [0.1, 0.15) is 21.9 Å². The van der Waals surface area contributed by atoms with Crippen LogP contribution in [0.25, 0.3) is 11.6 Å². The second-order valence-electron chi connectivity index (χ2n) is 26.3. The number of nitrogens with zero attached hydrogens (tertiary/aromatic N) is 8. The van der Waals surface area contributed by atoms with E-state index in [1.165, 1.54) is 116 Å². The molecule has 3 saturated carbocycles. The molecule has 0 spiro atoms. The van der Waals surface area contributed by atoms with Gasteiger partial charge in [-0.25, -0.2) is 38.7 Å². The number of halogens is 2. The van der Waals surface area contributed by atoms with Gasteiger partial charge in [-0.15, -0.1) is 10.2 Å². The van der Waals surface area contributed by atoms with E-state index in [4.69, 9.17) is 32.7 Å². The second-order valence-corrected chi connectivity index (χ2v) is 30.3. The molecule has 10 rings (SSSR count). The molecule has 5 N–H and O–H groups in total. The summed E-state index contributed by atoms with van der Waals surface area (Å²) in [6.45, 7) is 17.3. The molecular weight excluding hydrogens is 1200 g/mol. The molecule has 3 aliphatic carbocycles. The zero-order valence-electron chi connectivity index (χ0n) is 51.4. The molecule has 4 aliphatic rings. The first-order valence-corrected chi connectivity index (χ1v) is 34.6. The van der Waals surface area contributed by atoms with E-state index in [1.807, 2.05) is 4.72 Å². The molecule has 476 valence electrons. The fourth-order valence-electron chi connectivity index (χ4n) is 11.2. The van der Waals surface area contributed by atoms with E-state index in [0.29, 0.717) is 77.6 Å². The van der Waals surface area contributed by atoms with Gasteiger partial charge in [-0.05, 0) is 180 Å². The predicted molar refractivity (Wildman–Crippen MR) is 341 cm³/mol. The van der Waals surface area contributed by atoms with Crippen molar-refractivity contribution in [3.63, 3.8) is 0 Å². The third-order valence-corrected chi connectivity index (χ3v) is 20.3. The number of hydrogen-bond donors (Lipinski definition) is 5. The molecule has 0 aromatic carbocycles. The summed E-state index contributed by atoms with van der Waals surface area (Å²) in [5.74, 6) is 2.27. The van der Waals surface area contributed by atoms with Crippen molar-refractivity contribution < 1.29 is 35.9 Å². The number of unbranched alkanes of at least 4 members (excludes halogenated alkanes) is 4. The molecule has 88 heavy (non-hydrogen) atoms. The molecule has 1 aliphatic heterocycles. The molecule has 4 fully saturated rings. The minimum Gasteiger partial charge on any atom is -0.477 e. The predicted octanol–water partition coefficient (Wildman–Crippen LogP) is 12.2. The van der Waals surface area contributed by atoms with Crippen molar-refractivity contribution in [3.05, 3.63) is 107 Å². The number of sulfonamides is 2. The summed E-state index contributed by atoms with van der Waals surface area (Å²) in [6, 6.07) is 18.6. The van der Waals surface area contributed by atoms with Gasteiger partial charge in [0.2, 0.25) is 11.8 Å². The summed E-state index contributed by atoms with van der Waals surface area (Å²) < 4.78 is 70.5. The van der Waals surface area contributed by atoms with Crippen molar-refractivity contribution >= 4 is 66.7 Å². The third kappa shape index (κ3) is 19.3. The summed E-state index contributed by atoms with van der Waals surface area (Å²) in [4.78, 5) is 42.7. The maximum Gasteiger partial charge on any atom is 0.281 e. The number of ether oxygens (including phenoxy) is 2. The molecule has 2 amide bonds. The quantitative estimate of drug-likeness (QED) is 0.0207. The largest absolute Gasteiger partial charge is 0.477 e. The Bertz CT molecular complexity index is 3380. The van der Waals surface area contributed by atoms with Gasteiger partial charge >= 0.3 is 0 Å². The smallest absolute Gasteiger partial charge is 0.281 e. The summed E-state index contributed by atoms with van der Waals surface area (Å²) in [5.41, 5.74) is 1.34. The SMILES string of the molecule is CC1(C)CCC(CCCCCNc2cccc(S(=O)(=O)NC(=O)c3ccc(-n4ccc(OCCC5(C)CC5)n4)nc3Cl)n2)C1.CC1(CCOc2ccn(-c3ccc(C(=O)NS(=O)(=O)c4cccc(NCCCCCC5CNC(C)(C)C5)n4)c(Cl)n3)n2)CC1. The third-order valence-electron chi connectivity index (χ3n) is 17.3. The number of aromatic nitrogens is 8. The van der Waals surface area contributed by atoms with Crippen molar-refractivity contribution in [1.82, 2.24) is 54.3 Å². The highest BCUT2D eigenvalue weighted by Gasteiger charge is 2.38. The van der Waals surface area contributed by atoms with Gasteiger partial charge < -0.3 is 25.4 Å². The molecule has 0 bridgehead atoms. The van der Waals surface area contributed by atoms with Crippen molar-refractivity contribution in [1.29, 1.82) is 0 Å². The van der Waals surface area contributed by atoms with Gasteiger partial charge in [-0.3, -0.25) is 9.59 Å². The van der Waals surface area contributed by atoms with Crippen LogP contribution >= 0.6 is 23.2 Å². The van der Waals surface area contributed by atoms with E-state index >= 15 is 0 Å². The standard InChI is InChI=1S/C32H43ClN6O4S.C31H42ClN7O4S/c1-31(2)15-13-23(22-31)8-5-4-6-19-34-25-9-7-10-28(35-25)44(41,42)38-30(40)24-11-12-26(36-29(24)33)39-20-14-27(37-39)43-21-18-32(3)16-17-32;1-30(2)20-22(21-34-30)8-5-4-6-17-33-24-9-7-10-27(35-24)44(41,42)38-29(40)23-11-12-25(36-28(23)32)39-18-13-26(37-39)43-19-16-31(3)14-15-31/h7,9-12,14,20,23H,4-6,8,13,15-19,21-22H2,1-3H3,(H,34,35)(H,38,40);7,9-13,18,22,34H,4-6,8,14-17,19-21H2,1-3H3,(H,33,35)(H,38,40). The van der Waals surface area contributed by atoms with Gasteiger partial charge in [0, 0.05) is 43.2 Å². The van der Waals surface area contributed by atoms with Crippen LogP contribution in [0.3, 0.4) is 0 Å². The lowest BCUT2D eigenvalue weighted by Gasteiger charge is -2.17. The molecule has 7 heterocycles. The van der Waals surface area contributed by atoms with Crippen LogP contribution in [-0.2, 0) is 20.0 Å². The Morgan fingerprint density at radius 2 is 1.05 bits per heavy atom. The Labute approximate surface area is 528 Å². The molecule has 25 heteroatoms. The first-order chi connectivity index (χ1) is 41.8. The summed E-state index contributed by atoms with van der Waals surface area (Å²) >= 11 is 12.6. The fourth-order valence-corrected chi connectivity index (χ4v) is 13.5. The van der Waals surface area contributed by atoms with Crippen LogP contribution in [0.1, 0.15) is 178 Å². The van der Waals surface area contributed by atoms with Crippen LogP contribution in [0.4, 0.5) is 11.6 Å². The van der Waals surface area contributed by atoms with Gasteiger partial charge in [0.25, 0.3) is 31.9 Å². The van der Waals surface area contributed by atoms with E-state index in [9.17, 15) is 26.4 Å². The van der Waals surface area contributed by atoms with E-state index in [2.05, 4.69) is 92.3 Å². The summed E-state index contributed by atoms with van der Waals surface area (Å²) in [6.07, 6.45) is 24.4. The Morgan fingerprint density at radius 3 is 1.45 bits per heavy atom. The molecule has 6 aromatic heterocycles. The zero-order valence-corrected chi connectivity index (χ0v) is 54.6. The Kier molecular flexibility index (Phi) is 21.5. The minimum absolute atomic E-state index is 0.0873. The summed E-state index contributed by atoms with van der Waals surface area (Å²) in [7, 11) is -8.51. The van der Waals surface area contributed by atoms with E-state index in [0.717, 1.165) is 63.3 Å². The number of carbonyl (C=O) groups excluding carboxylic acids is 2. The monoisotopic (exact) mass is 1290 g/mol. The topological polar surface area (TPSA) is 268 Å². The lowest BCUT2D eigenvalue weighted by molar-refractivity contribution is 0.0972. The zero-order chi connectivity index (χ0) is 62.7. The van der Waals surface area contributed by atoms with Gasteiger partial charge in [-0.1, -0.05) is 95.1 Å². The van der Waals surface area contributed by atoms with Crippen molar-refractivity contribution in [2.45, 2.75) is 173 Å². The number of rotatable bonds is 30. The van der Waals surface area contributed by atoms with Crippen molar-refractivity contribution in [2.75, 3.05) is 43.5 Å². The number of nitrogens with one attached hydrogen (secondary N) is 5. The molecule has 2 unspecified atom stereocenters. The highest BCUT2D eigenvalue weighted by Crippen LogP contribution is 2.49. The molecule has 2 atom stereocenters. The number of anilines is 2. The Morgan fingerprint density at radius 1 is 0.580 bits per heavy atom. The van der Waals surface area contributed by atoms with E-state index < -0.39 is 31.9 Å². The average Bonchev–Trinajstić information content (AvgIpc) is 1.90. The number of hydrogen-bond acceptors (Lipinski definition) is 17. The molecule has 21 nitrogen and oxygen atoms in total. The number of pyridine rings is 4. The van der Waals surface area contributed by atoms with E-state index in [-0.39, 0.29) is 37.0 Å². The fraction of sp³-hybridized carbons (Fsp3) is 0.556. The normalized spacial score (nSPS) is 18.6. The van der Waals surface area contributed by atoms with Crippen molar-refractivity contribution in [3.8, 4) is 23.4 Å². The highest BCUT2D eigenvalue weighted by atomic mass is 35.5. The lowest BCUT2D eigenvalue weighted by Crippen LogP contribution is -2.31. The van der Waals surface area contributed by atoms with E-state index in [1.54, 1.807) is 48.8 Å². The van der Waals surface area contributed by atoms with Crippen LogP contribution in [-0.4, -0.2) is 107 Å². The maximum absolute atomic E-state index is 13.0. The molecule has 6 aromatic rings. The highest BCUT2D eigenvalue weighted by molar-refractivity contribution is 7.90. The molecular formula is C63H85Cl2N13O8S2. The van der Waals surface area contributed by atoms with Gasteiger partial charge in [0.15, 0.2) is 21.7 Å². The number of carbonyl (C=O) groups is 2. The first kappa shape index (κ1) is 66.0. The van der Waals surface area contributed by atoms with Crippen LogP contribution in [0.2, 0.25) is 10.3 Å². The molecule has 1 saturated heterocycles. The van der Waals surface area contributed by atoms with Gasteiger partial charge in [-0.2, -0.15) is 16.8 Å². The Hall–Kier alpha value is -6.40. The van der Waals surface area contributed by atoms with Crippen LogP contribution in [0.5, 0.6) is 11.8 Å². The number of amides is 2. The second kappa shape index (κ2) is 28.6. The minimum atomic E-state index is -4.26. The lowest BCUT2D eigenvalue weighted by atomic mass is 9.89. The molecule has 0 radical (unpaired) electrons.